The van der Waals surface area contributed by atoms with Crippen molar-refractivity contribution in [3.8, 4) is 0 Å². The van der Waals surface area contributed by atoms with E-state index >= 15 is 0 Å². The zero-order chi connectivity index (χ0) is 18.3. The van der Waals surface area contributed by atoms with Gasteiger partial charge in [-0.25, -0.2) is 0 Å². The van der Waals surface area contributed by atoms with E-state index in [9.17, 15) is 9.59 Å². The molecule has 0 spiro atoms. The molecule has 4 nitrogen and oxygen atoms in total. The van der Waals surface area contributed by atoms with E-state index in [0.717, 1.165) is 17.5 Å². The molecule has 5 unspecified atom stereocenters. The van der Waals surface area contributed by atoms with E-state index in [1.807, 2.05) is 30.5 Å². The van der Waals surface area contributed by atoms with Crippen LogP contribution >= 0.6 is 11.8 Å². The van der Waals surface area contributed by atoms with Crippen molar-refractivity contribution in [1.82, 2.24) is 5.32 Å². The number of carbonyl (C=O) groups is 2. The number of rotatable bonds is 5. The predicted octanol–water partition coefficient (Wildman–Crippen LogP) is 3.70. The third-order valence-electron chi connectivity index (χ3n) is 6.68. The number of nitrogens with one attached hydrogen (secondary N) is 1. The average molecular weight is 373 g/mol. The van der Waals surface area contributed by atoms with Gasteiger partial charge in [0.25, 0.3) is 0 Å². The number of hydrogen-bond donors (Lipinski definition) is 1. The first-order valence-corrected chi connectivity index (χ1v) is 11.0. The summed E-state index contributed by atoms with van der Waals surface area (Å²) in [5.41, 5.74) is 0.893. The van der Waals surface area contributed by atoms with Crippen molar-refractivity contribution in [3.05, 3.63) is 24.3 Å². The quantitative estimate of drug-likeness (QED) is 0.802. The van der Waals surface area contributed by atoms with Gasteiger partial charge in [0.15, 0.2) is 0 Å². The van der Waals surface area contributed by atoms with Crippen LogP contribution in [0.15, 0.2) is 29.2 Å². The van der Waals surface area contributed by atoms with Gasteiger partial charge in [-0.3, -0.25) is 9.59 Å². The second-order valence-corrected chi connectivity index (χ2v) is 9.12. The Morgan fingerprint density at radius 2 is 2.00 bits per heavy atom. The SMILES string of the molecule is CSc1ccc(N2CC(C(=O)NC(C)C3CC4CCC3C4)CC2=O)cc1. The Morgan fingerprint density at radius 1 is 1.23 bits per heavy atom. The Labute approximate surface area is 160 Å². The number of anilines is 1. The van der Waals surface area contributed by atoms with E-state index in [-0.39, 0.29) is 23.8 Å². The van der Waals surface area contributed by atoms with E-state index in [1.54, 1.807) is 16.7 Å². The van der Waals surface area contributed by atoms with Crippen molar-refractivity contribution in [2.24, 2.45) is 23.7 Å². The van der Waals surface area contributed by atoms with E-state index in [4.69, 9.17) is 0 Å². The van der Waals surface area contributed by atoms with E-state index < -0.39 is 0 Å². The van der Waals surface area contributed by atoms with Gasteiger partial charge in [-0.2, -0.15) is 0 Å². The molecule has 1 aliphatic heterocycles. The molecule has 2 aliphatic carbocycles. The lowest BCUT2D eigenvalue weighted by Crippen LogP contribution is -2.43. The van der Waals surface area contributed by atoms with E-state index in [1.165, 1.54) is 30.6 Å². The number of benzene rings is 1. The summed E-state index contributed by atoms with van der Waals surface area (Å²) >= 11 is 1.68. The maximum atomic E-state index is 12.7. The Bertz CT molecular complexity index is 690. The highest BCUT2D eigenvalue weighted by molar-refractivity contribution is 7.98. The lowest BCUT2D eigenvalue weighted by molar-refractivity contribution is -0.127. The average Bonchev–Trinajstić information content (AvgIpc) is 3.37. The molecule has 1 saturated heterocycles. The molecule has 1 aromatic carbocycles. The van der Waals surface area contributed by atoms with Crippen LogP contribution in [0.5, 0.6) is 0 Å². The number of nitrogens with zero attached hydrogens (tertiary/aromatic N) is 1. The van der Waals surface area contributed by atoms with E-state index in [0.29, 0.717) is 18.9 Å². The van der Waals surface area contributed by atoms with Crippen LogP contribution in [0.1, 0.15) is 39.0 Å². The van der Waals surface area contributed by atoms with Gasteiger partial charge in [0.2, 0.25) is 11.8 Å². The molecule has 1 N–H and O–H groups in total. The van der Waals surface area contributed by atoms with E-state index in [2.05, 4.69) is 12.2 Å². The first kappa shape index (κ1) is 17.9. The molecule has 3 fully saturated rings. The molecular weight excluding hydrogens is 344 g/mol. The van der Waals surface area contributed by atoms with Crippen LogP contribution in [0, 0.1) is 23.7 Å². The lowest BCUT2D eigenvalue weighted by atomic mass is 9.84. The molecule has 5 heteroatoms. The van der Waals surface area contributed by atoms with Crippen molar-refractivity contribution in [2.75, 3.05) is 17.7 Å². The Balaban J connectivity index is 1.36. The number of amides is 2. The number of thioether (sulfide) groups is 1. The molecule has 3 aliphatic rings. The van der Waals surface area contributed by atoms with Gasteiger partial charge in [0.1, 0.15) is 0 Å². The van der Waals surface area contributed by atoms with Crippen LogP contribution in [0.3, 0.4) is 0 Å². The lowest BCUT2D eigenvalue weighted by Gasteiger charge is -2.29. The zero-order valence-electron chi connectivity index (χ0n) is 15.6. The Hall–Kier alpha value is -1.49. The number of hydrogen-bond acceptors (Lipinski definition) is 3. The van der Waals surface area contributed by atoms with Crippen molar-refractivity contribution < 1.29 is 9.59 Å². The largest absolute Gasteiger partial charge is 0.353 e. The maximum Gasteiger partial charge on any atom is 0.227 e. The molecular formula is C21H28N2O2S. The Kier molecular flexibility index (Phi) is 5.00. The molecule has 2 amide bonds. The molecule has 5 atom stereocenters. The van der Waals surface area contributed by atoms with Gasteiger partial charge in [-0.15, -0.1) is 11.8 Å². The summed E-state index contributed by atoms with van der Waals surface area (Å²) in [4.78, 5) is 28.1. The summed E-state index contributed by atoms with van der Waals surface area (Å²) in [6.45, 7) is 2.64. The first-order chi connectivity index (χ1) is 12.5. The zero-order valence-corrected chi connectivity index (χ0v) is 16.4. The molecule has 26 heavy (non-hydrogen) atoms. The third-order valence-corrected chi connectivity index (χ3v) is 7.43. The van der Waals surface area contributed by atoms with Gasteiger partial charge in [0, 0.05) is 29.6 Å². The van der Waals surface area contributed by atoms with Crippen LogP contribution < -0.4 is 10.2 Å². The third kappa shape index (κ3) is 3.38. The Morgan fingerprint density at radius 3 is 2.62 bits per heavy atom. The molecule has 1 aromatic rings. The minimum Gasteiger partial charge on any atom is -0.353 e. The normalized spacial score (nSPS) is 31.5. The van der Waals surface area contributed by atoms with Crippen molar-refractivity contribution in [2.45, 2.75) is 50.0 Å². The fourth-order valence-electron chi connectivity index (χ4n) is 5.25. The minimum atomic E-state index is -0.233. The first-order valence-electron chi connectivity index (χ1n) is 9.80. The second-order valence-electron chi connectivity index (χ2n) is 8.24. The monoisotopic (exact) mass is 372 g/mol. The fraction of sp³-hybridized carbons (Fsp3) is 0.619. The maximum absolute atomic E-state index is 12.7. The molecule has 2 bridgehead atoms. The standard InChI is InChI=1S/C21H28N2O2S/c1-13(19-10-14-3-4-15(19)9-14)22-21(25)16-11-20(24)23(12-16)17-5-7-18(26-2)8-6-17/h5-8,13-16,19H,3-4,9-12H2,1-2H3,(H,22,25). The summed E-state index contributed by atoms with van der Waals surface area (Å²) in [7, 11) is 0. The van der Waals surface area contributed by atoms with Gasteiger partial charge < -0.3 is 10.2 Å². The second kappa shape index (κ2) is 7.26. The number of carbonyl (C=O) groups excluding carboxylic acids is 2. The van der Waals surface area contributed by atoms with Gasteiger partial charge in [-0.05, 0) is 74.5 Å². The molecule has 4 rings (SSSR count). The smallest absolute Gasteiger partial charge is 0.227 e. The topological polar surface area (TPSA) is 49.4 Å². The van der Waals surface area contributed by atoms with Gasteiger partial charge in [-0.1, -0.05) is 6.42 Å². The summed E-state index contributed by atoms with van der Waals surface area (Å²) < 4.78 is 0. The molecule has 140 valence electrons. The molecule has 1 heterocycles. The molecule has 0 radical (unpaired) electrons. The van der Waals surface area contributed by atoms with Gasteiger partial charge in [0.05, 0.1) is 5.92 Å². The van der Waals surface area contributed by atoms with Gasteiger partial charge >= 0.3 is 0 Å². The van der Waals surface area contributed by atoms with Crippen LogP contribution in [0.4, 0.5) is 5.69 Å². The van der Waals surface area contributed by atoms with Crippen LogP contribution in [-0.2, 0) is 9.59 Å². The highest BCUT2D eigenvalue weighted by Gasteiger charge is 2.43. The summed E-state index contributed by atoms with van der Waals surface area (Å²) in [6.07, 6.45) is 7.68. The molecule has 0 aromatic heterocycles. The van der Waals surface area contributed by atoms with Crippen LogP contribution in [-0.4, -0.2) is 30.7 Å². The predicted molar refractivity (Wildman–Crippen MR) is 105 cm³/mol. The summed E-state index contributed by atoms with van der Waals surface area (Å²) in [5.74, 6) is 2.18. The van der Waals surface area contributed by atoms with Crippen molar-refractivity contribution in [3.63, 3.8) is 0 Å². The summed E-state index contributed by atoms with van der Waals surface area (Å²) in [6, 6.07) is 8.22. The summed E-state index contributed by atoms with van der Waals surface area (Å²) in [5, 5.41) is 3.24. The minimum absolute atomic E-state index is 0.0506. The van der Waals surface area contributed by atoms with Crippen molar-refractivity contribution in [1.29, 1.82) is 0 Å². The highest BCUT2D eigenvalue weighted by Crippen LogP contribution is 2.49. The highest BCUT2D eigenvalue weighted by atomic mass is 32.2. The van der Waals surface area contributed by atoms with Crippen molar-refractivity contribution >= 4 is 29.3 Å². The number of fused-ring (bicyclic) bond motifs is 2. The molecule has 2 saturated carbocycles. The van der Waals surface area contributed by atoms with Crippen LogP contribution in [0.25, 0.3) is 0 Å². The fourth-order valence-corrected chi connectivity index (χ4v) is 5.66. The van der Waals surface area contributed by atoms with Crippen LogP contribution in [0.2, 0.25) is 0 Å².